The Labute approximate surface area is 194 Å². The molecular formula is C22H23FN4O3S2. The van der Waals surface area contributed by atoms with E-state index >= 15 is 0 Å². The summed E-state index contributed by atoms with van der Waals surface area (Å²) in [6.45, 7) is 3.99. The summed E-state index contributed by atoms with van der Waals surface area (Å²) in [7, 11) is 0. The lowest BCUT2D eigenvalue weighted by atomic mass is 9.98. The number of halogens is 1. The number of nitrogens with one attached hydrogen (secondary N) is 1. The van der Waals surface area contributed by atoms with Crippen molar-refractivity contribution in [3.8, 4) is 11.5 Å². The lowest BCUT2D eigenvalue weighted by Crippen LogP contribution is -2.43. The van der Waals surface area contributed by atoms with Crippen molar-refractivity contribution in [1.82, 2.24) is 20.4 Å². The Morgan fingerprint density at radius 3 is 2.91 bits per heavy atom. The van der Waals surface area contributed by atoms with Gasteiger partial charge in [0.15, 0.2) is 16.6 Å². The Bertz CT molecular complexity index is 1090. The van der Waals surface area contributed by atoms with Crippen LogP contribution in [0, 0.1) is 5.82 Å². The number of hydrogen-bond acceptors (Lipinski definition) is 7. The molecule has 0 saturated carbocycles. The number of rotatable bonds is 6. The molecule has 4 rings (SSSR count). The number of piperidine rings is 1. The average molecular weight is 475 g/mol. The molecule has 1 aromatic carbocycles. The predicted molar refractivity (Wildman–Crippen MR) is 123 cm³/mol. The summed E-state index contributed by atoms with van der Waals surface area (Å²) in [6.07, 6.45) is 1.83. The second kappa shape index (κ2) is 10.2. The standard InChI is InChI=1S/C22H23FN4O3S2/c1-2-29-21(28)17-11-19(30-26-17)18-13-32-20(25-18)14-7-9-27(10-8-14)22(31)24-12-15-5-3-4-6-16(15)23/h3-6,11,13-14H,2,7-10,12H2,1H3,(H,24,31). The van der Waals surface area contributed by atoms with Gasteiger partial charge in [-0.25, -0.2) is 14.2 Å². The Morgan fingerprint density at radius 2 is 2.16 bits per heavy atom. The number of thiazole rings is 1. The van der Waals surface area contributed by atoms with Gasteiger partial charge < -0.3 is 19.5 Å². The van der Waals surface area contributed by atoms with Crippen LogP contribution in [0.1, 0.15) is 46.7 Å². The highest BCUT2D eigenvalue weighted by molar-refractivity contribution is 7.80. The van der Waals surface area contributed by atoms with Crippen LogP contribution in [0.15, 0.2) is 40.2 Å². The van der Waals surface area contributed by atoms with Crippen LogP contribution in [0.3, 0.4) is 0 Å². The Balaban J connectivity index is 1.30. The summed E-state index contributed by atoms with van der Waals surface area (Å²) in [5, 5.41) is 10.5. The molecule has 10 heteroatoms. The number of esters is 1. The van der Waals surface area contributed by atoms with Crippen LogP contribution in [-0.4, -0.2) is 45.8 Å². The third kappa shape index (κ3) is 5.13. The number of hydrogen-bond donors (Lipinski definition) is 1. The number of nitrogens with zero attached hydrogens (tertiary/aromatic N) is 3. The Hall–Kier alpha value is -2.85. The number of carbonyl (C=O) groups is 1. The zero-order valence-electron chi connectivity index (χ0n) is 17.5. The maximum absolute atomic E-state index is 13.8. The second-order valence-electron chi connectivity index (χ2n) is 7.38. The van der Waals surface area contributed by atoms with E-state index in [9.17, 15) is 9.18 Å². The molecule has 7 nitrogen and oxygen atoms in total. The quantitative estimate of drug-likeness (QED) is 0.417. The molecule has 1 saturated heterocycles. The molecule has 2 aromatic heterocycles. The van der Waals surface area contributed by atoms with Gasteiger partial charge in [0, 0.05) is 42.6 Å². The SMILES string of the molecule is CCOC(=O)c1cc(-c2csc(C3CCN(C(=S)NCc4ccccc4F)CC3)n2)on1. The molecule has 32 heavy (non-hydrogen) atoms. The normalized spacial score (nSPS) is 14.4. The van der Waals surface area contributed by atoms with Crippen LogP contribution in [0.4, 0.5) is 4.39 Å². The van der Waals surface area contributed by atoms with Crippen LogP contribution >= 0.6 is 23.6 Å². The van der Waals surface area contributed by atoms with E-state index in [1.54, 1.807) is 36.5 Å². The topological polar surface area (TPSA) is 80.5 Å². The highest BCUT2D eigenvalue weighted by Gasteiger charge is 2.25. The molecule has 3 aromatic rings. The van der Waals surface area contributed by atoms with Gasteiger partial charge in [0.05, 0.1) is 11.6 Å². The molecule has 1 aliphatic rings. The maximum atomic E-state index is 13.8. The first-order valence-electron chi connectivity index (χ1n) is 10.4. The first-order chi connectivity index (χ1) is 15.5. The molecular weight excluding hydrogens is 451 g/mol. The van der Waals surface area contributed by atoms with Gasteiger partial charge in [-0.1, -0.05) is 23.4 Å². The van der Waals surface area contributed by atoms with E-state index in [4.69, 9.17) is 26.5 Å². The van der Waals surface area contributed by atoms with Gasteiger partial charge in [-0.2, -0.15) is 0 Å². The highest BCUT2D eigenvalue weighted by atomic mass is 32.1. The minimum Gasteiger partial charge on any atom is -0.461 e. The highest BCUT2D eigenvalue weighted by Crippen LogP contribution is 2.33. The van der Waals surface area contributed by atoms with Crippen LogP contribution in [0.5, 0.6) is 0 Å². The van der Waals surface area contributed by atoms with Crippen molar-refractivity contribution >= 4 is 34.6 Å². The van der Waals surface area contributed by atoms with E-state index in [0.29, 0.717) is 34.6 Å². The lowest BCUT2D eigenvalue weighted by Gasteiger charge is -2.33. The second-order valence-corrected chi connectivity index (χ2v) is 8.66. The Kier molecular flexibility index (Phi) is 7.11. The van der Waals surface area contributed by atoms with Gasteiger partial charge in [0.25, 0.3) is 0 Å². The van der Waals surface area contributed by atoms with Crippen molar-refractivity contribution < 1.29 is 18.4 Å². The van der Waals surface area contributed by atoms with Gasteiger partial charge in [-0.15, -0.1) is 11.3 Å². The minimum atomic E-state index is -0.509. The van der Waals surface area contributed by atoms with Gasteiger partial charge in [0.2, 0.25) is 0 Å². The summed E-state index contributed by atoms with van der Waals surface area (Å²) in [4.78, 5) is 18.6. The van der Waals surface area contributed by atoms with E-state index in [0.717, 1.165) is 30.9 Å². The summed E-state index contributed by atoms with van der Waals surface area (Å²) in [5.74, 6) is 0.0328. The molecule has 0 atom stereocenters. The van der Waals surface area contributed by atoms with Gasteiger partial charge >= 0.3 is 5.97 Å². The van der Waals surface area contributed by atoms with Crippen molar-refractivity contribution in [3.63, 3.8) is 0 Å². The zero-order valence-corrected chi connectivity index (χ0v) is 19.2. The monoisotopic (exact) mass is 474 g/mol. The minimum absolute atomic E-state index is 0.140. The van der Waals surface area contributed by atoms with Crippen molar-refractivity contribution in [2.24, 2.45) is 0 Å². The van der Waals surface area contributed by atoms with E-state index < -0.39 is 5.97 Å². The number of aromatic nitrogens is 2. The third-order valence-corrected chi connectivity index (χ3v) is 6.70. The number of carbonyl (C=O) groups excluding carboxylic acids is 1. The van der Waals surface area contributed by atoms with Gasteiger partial charge in [-0.05, 0) is 38.0 Å². The van der Waals surface area contributed by atoms with Crippen molar-refractivity contribution in [2.45, 2.75) is 32.2 Å². The lowest BCUT2D eigenvalue weighted by molar-refractivity contribution is 0.0514. The van der Waals surface area contributed by atoms with E-state index in [-0.39, 0.29) is 18.1 Å². The first-order valence-corrected chi connectivity index (χ1v) is 11.7. The number of ether oxygens (including phenoxy) is 1. The maximum Gasteiger partial charge on any atom is 0.360 e. The average Bonchev–Trinajstić information content (AvgIpc) is 3.49. The van der Waals surface area contributed by atoms with E-state index in [2.05, 4.69) is 15.4 Å². The molecule has 1 aliphatic heterocycles. The van der Waals surface area contributed by atoms with Crippen LogP contribution in [0.2, 0.25) is 0 Å². The molecule has 0 aliphatic carbocycles. The number of thiocarbonyl (C=S) groups is 1. The number of benzene rings is 1. The molecule has 0 spiro atoms. The Morgan fingerprint density at radius 1 is 1.38 bits per heavy atom. The molecule has 0 unspecified atom stereocenters. The fourth-order valence-electron chi connectivity index (χ4n) is 3.54. The fourth-order valence-corrected chi connectivity index (χ4v) is 4.77. The van der Waals surface area contributed by atoms with Gasteiger partial charge in [-0.3, -0.25) is 0 Å². The molecule has 1 N–H and O–H groups in total. The molecule has 3 heterocycles. The molecule has 0 radical (unpaired) electrons. The summed E-state index contributed by atoms with van der Waals surface area (Å²) >= 11 is 7.08. The van der Waals surface area contributed by atoms with Crippen molar-refractivity contribution in [1.29, 1.82) is 0 Å². The van der Waals surface area contributed by atoms with E-state index in [1.807, 2.05) is 11.4 Å². The van der Waals surface area contributed by atoms with Crippen molar-refractivity contribution in [2.75, 3.05) is 19.7 Å². The third-order valence-electron chi connectivity index (χ3n) is 5.29. The largest absolute Gasteiger partial charge is 0.461 e. The van der Waals surface area contributed by atoms with E-state index in [1.165, 1.54) is 6.07 Å². The molecule has 168 valence electrons. The molecule has 1 fully saturated rings. The number of likely N-dealkylation sites (tertiary alicyclic amines) is 1. The molecule has 0 amide bonds. The zero-order chi connectivity index (χ0) is 22.5. The first kappa shape index (κ1) is 22.3. The summed E-state index contributed by atoms with van der Waals surface area (Å²) < 4.78 is 24.0. The van der Waals surface area contributed by atoms with Crippen LogP contribution < -0.4 is 5.32 Å². The van der Waals surface area contributed by atoms with Gasteiger partial charge in [0.1, 0.15) is 11.5 Å². The van der Waals surface area contributed by atoms with Crippen LogP contribution in [0.25, 0.3) is 11.5 Å². The smallest absolute Gasteiger partial charge is 0.360 e. The predicted octanol–water partition coefficient (Wildman–Crippen LogP) is 4.37. The summed E-state index contributed by atoms with van der Waals surface area (Å²) in [6, 6.07) is 8.24. The van der Waals surface area contributed by atoms with Crippen LogP contribution in [-0.2, 0) is 11.3 Å². The van der Waals surface area contributed by atoms with Crippen molar-refractivity contribution in [3.05, 3.63) is 57.8 Å². The fraction of sp³-hybridized carbons (Fsp3) is 0.364. The molecule has 0 bridgehead atoms. The summed E-state index contributed by atoms with van der Waals surface area (Å²) in [5.41, 5.74) is 1.40.